The fourth-order valence-corrected chi connectivity index (χ4v) is 4.44. The molecule has 0 bridgehead atoms. The molecular weight excluding hydrogens is 438 g/mol. The van der Waals surface area contributed by atoms with Crippen LogP contribution < -0.4 is 4.90 Å². The third kappa shape index (κ3) is 5.65. The molecule has 3 heterocycles. The van der Waals surface area contributed by atoms with Gasteiger partial charge in [0, 0.05) is 56.1 Å². The van der Waals surface area contributed by atoms with Crippen molar-refractivity contribution in [1.29, 1.82) is 0 Å². The van der Waals surface area contributed by atoms with E-state index in [9.17, 15) is 4.79 Å². The van der Waals surface area contributed by atoms with Crippen LogP contribution in [0.4, 0.5) is 5.82 Å². The first-order chi connectivity index (χ1) is 15.9. The largest absolute Gasteiger partial charge is 0.461 e. The molecule has 2 aromatic heterocycles. The SMILES string of the molecule is CCN1CCN(C(=O)CCN(CC(C)C)c2nc(-c3ccco3)nc3cc(Cl)ccc23)CC1. The Morgan fingerprint density at radius 2 is 1.97 bits per heavy atom. The summed E-state index contributed by atoms with van der Waals surface area (Å²) >= 11 is 6.27. The number of halogens is 1. The van der Waals surface area contributed by atoms with Crippen LogP contribution in [-0.4, -0.2) is 71.5 Å². The zero-order valence-corrected chi connectivity index (χ0v) is 20.4. The molecule has 1 fully saturated rings. The van der Waals surface area contributed by atoms with Crippen molar-refractivity contribution in [2.24, 2.45) is 5.92 Å². The minimum absolute atomic E-state index is 0.201. The summed E-state index contributed by atoms with van der Waals surface area (Å²) in [4.78, 5) is 29.1. The maximum Gasteiger partial charge on any atom is 0.224 e. The fraction of sp³-hybridized carbons (Fsp3) is 0.480. The molecular formula is C25H32ClN5O2. The van der Waals surface area contributed by atoms with Crippen LogP contribution in [-0.2, 0) is 4.79 Å². The number of hydrogen-bond acceptors (Lipinski definition) is 6. The minimum atomic E-state index is 0.201. The van der Waals surface area contributed by atoms with Crippen molar-refractivity contribution in [2.45, 2.75) is 27.2 Å². The Labute approximate surface area is 200 Å². The molecule has 4 rings (SSSR count). The highest BCUT2D eigenvalue weighted by Gasteiger charge is 2.23. The first kappa shape index (κ1) is 23.5. The molecule has 1 saturated heterocycles. The summed E-state index contributed by atoms with van der Waals surface area (Å²) in [7, 11) is 0. The second-order valence-corrected chi connectivity index (χ2v) is 9.35. The van der Waals surface area contributed by atoms with Gasteiger partial charge in [-0.2, -0.15) is 0 Å². The van der Waals surface area contributed by atoms with E-state index in [2.05, 4.69) is 35.6 Å². The van der Waals surface area contributed by atoms with E-state index in [0.717, 1.165) is 56.0 Å². The summed E-state index contributed by atoms with van der Waals surface area (Å²) in [5.41, 5.74) is 0.759. The molecule has 8 heteroatoms. The lowest BCUT2D eigenvalue weighted by Gasteiger charge is -2.35. The van der Waals surface area contributed by atoms with E-state index in [1.54, 1.807) is 6.26 Å². The van der Waals surface area contributed by atoms with Crippen molar-refractivity contribution < 1.29 is 9.21 Å². The van der Waals surface area contributed by atoms with Crippen LogP contribution in [0.1, 0.15) is 27.2 Å². The lowest BCUT2D eigenvalue weighted by molar-refractivity contribution is -0.132. The standard InChI is InChI=1S/C25H32ClN5O2/c1-4-29-11-13-30(14-12-29)23(32)9-10-31(17-18(2)3)25-20-8-7-19(26)16-21(20)27-24(28-25)22-6-5-15-33-22/h5-8,15-16,18H,4,9-14,17H2,1-3H3. The summed E-state index contributed by atoms with van der Waals surface area (Å²) in [6.45, 7) is 12.4. The first-order valence-electron chi connectivity index (χ1n) is 11.7. The summed E-state index contributed by atoms with van der Waals surface area (Å²) in [6.07, 6.45) is 2.07. The molecule has 0 spiro atoms. The van der Waals surface area contributed by atoms with Gasteiger partial charge in [0.05, 0.1) is 11.8 Å². The van der Waals surface area contributed by atoms with Crippen LogP contribution in [0.25, 0.3) is 22.5 Å². The van der Waals surface area contributed by atoms with Crippen molar-refractivity contribution in [1.82, 2.24) is 19.8 Å². The second kappa shape index (κ2) is 10.5. The van der Waals surface area contributed by atoms with Crippen molar-refractivity contribution in [3.05, 3.63) is 41.6 Å². The van der Waals surface area contributed by atoms with Crippen molar-refractivity contribution >= 4 is 34.2 Å². The predicted molar refractivity (Wildman–Crippen MR) is 133 cm³/mol. The number of piperazine rings is 1. The van der Waals surface area contributed by atoms with Gasteiger partial charge in [-0.15, -0.1) is 0 Å². The number of fused-ring (bicyclic) bond motifs is 1. The van der Waals surface area contributed by atoms with Crippen LogP contribution in [0.2, 0.25) is 5.02 Å². The van der Waals surface area contributed by atoms with Gasteiger partial charge in [0.2, 0.25) is 5.91 Å². The van der Waals surface area contributed by atoms with E-state index in [1.165, 1.54) is 0 Å². The van der Waals surface area contributed by atoms with Gasteiger partial charge < -0.3 is 19.1 Å². The zero-order chi connectivity index (χ0) is 23.4. The average Bonchev–Trinajstić information content (AvgIpc) is 3.35. The van der Waals surface area contributed by atoms with Gasteiger partial charge in [-0.05, 0) is 42.8 Å². The van der Waals surface area contributed by atoms with Crippen LogP contribution in [0.5, 0.6) is 0 Å². The second-order valence-electron chi connectivity index (χ2n) is 8.91. The molecule has 1 aliphatic rings. The van der Waals surface area contributed by atoms with Crippen molar-refractivity contribution in [3.8, 4) is 11.6 Å². The molecule has 1 amide bonds. The Bertz CT molecular complexity index is 1080. The number of carbonyl (C=O) groups is 1. The maximum absolute atomic E-state index is 13.0. The van der Waals surface area contributed by atoms with Gasteiger partial charge in [0.25, 0.3) is 0 Å². The fourth-order valence-electron chi connectivity index (χ4n) is 4.27. The number of aromatic nitrogens is 2. The number of furan rings is 1. The molecule has 0 aliphatic carbocycles. The topological polar surface area (TPSA) is 65.7 Å². The number of rotatable bonds is 8. The molecule has 0 unspecified atom stereocenters. The van der Waals surface area contributed by atoms with E-state index >= 15 is 0 Å². The normalized spacial score (nSPS) is 14.9. The smallest absolute Gasteiger partial charge is 0.224 e. The maximum atomic E-state index is 13.0. The third-order valence-corrected chi connectivity index (χ3v) is 6.27. The number of likely N-dealkylation sites (N-methyl/N-ethyl adjacent to an activating group) is 1. The summed E-state index contributed by atoms with van der Waals surface area (Å²) in [5, 5.41) is 1.54. The highest BCUT2D eigenvalue weighted by Crippen LogP contribution is 2.30. The van der Waals surface area contributed by atoms with Crippen LogP contribution in [0.15, 0.2) is 41.0 Å². The highest BCUT2D eigenvalue weighted by atomic mass is 35.5. The van der Waals surface area contributed by atoms with Gasteiger partial charge in [0.1, 0.15) is 5.82 Å². The number of carbonyl (C=O) groups excluding carboxylic acids is 1. The highest BCUT2D eigenvalue weighted by molar-refractivity contribution is 6.31. The molecule has 7 nitrogen and oxygen atoms in total. The van der Waals surface area contributed by atoms with Gasteiger partial charge in [-0.1, -0.05) is 32.4 Å². The number of hydrogen-bond donors (Lipinski definition) is 0. The van der Waals surface area contributed by atoms with Crippen LogP contribution in [0, 0.1) is 5.92 Å². The van der Waals surface area contributed by atoms with E-state index in [-0.39, 0.29) is 5.91 Å². The number of anilines is 1. The Hall–Kier alpha value is -2.64. The molecule has 176 valence electrons. The van der Waals surface area contributed by atoms with Crippen molar-refractivity contribution in [3.63, 3.8) is 0 Å². The van der Waals surface area contributed by atoms with Crippen molar-refractivity contribution in [2.75, 3.05) is 50.7 Å². The Kier molecular flexibility index (Phi) is 7.50. The monoisotopic (exact) mass is 469 g/mol. The number of nitrogens with zero attached hydrogens (tertiary/aromatic N) is 5. The molecule has 1 aromatic carbocycles. The number of benzene rings is 1. The predicted octanol–water partition coefficient (Wildman–Crippen LogP) is 4.56. The van der Waals surface area contributed by atoms with Crippen LogP contribution >= 0.6 is 11.6 Å². The molecule has 0 atom stereocenters. The summed E-state index contributed by atoms with van der Waals surface area (Å²) < 4.78 is 5.57. The zero-order valence-electron chi connectivity index (χ0n) is 19.6. The molecule has 0 saturated carbocycles. The van der Waals surface area contributed by atoms with E-state index < -0.39 is 0 Å². The molecule has 33 heavy (non-hydrogen) atoms. The summed E-state index contributed by atoms with van der Waals surface area (Å²) in [6, 6.07) is 9.33. The van der Waals surface area contributed by atoms with E-state index in [0.29, 0.717) is 35.5 Å². The Morgan fingerprint density at radius 3 is 2.64 bits per heavy atom. The summed E-state index contributed by atoms with van der Waals surface area (Å²) in [5.74, 6) is 2.53. The quantitative estimate of drug-likeness (QED) is 0.482. The minimum Gasteiger partial charge on any atom is -0.461 e. The van der Waals surface area contributed by atoms with Gasteiger partial charge in [0.15, 0.2) is 11.6 Å². The lowest BCUT2D eigenvalue weighted by Crippen LogP contribution is -2.49. The first-order valence-corrected chi connectivity index (χ1v) is 12.1. The molecule has 1 aliphatic heterocycles. The van der Waals surface area contributed by atoms with E-state index in [4.69, 9.17) is 21.0 Å². The number of amides is 1. The van der Waals surface area contributed by atoms with Crippen LogP contribution in [0.3, 0.4) is 0 Å². The average molecular weight is 470 g/mol. The molecule has 0 N–H and O–H groups in total. The molecule has 3 aromatic rings. The third-order valence-electron chi connectivity index (χ3n) is 6.03. The Balaban J connectivity index is 1.61. The van der Waals surface area contributed by atoms with Gasteiger partial charge in [-0.3, -0.25) is 4.79 Å². The Morgan fingerprint density at radius 1 is 1.18 bits per heavy atom. The van der Waals surface area contributed by atoms with E-state index in [1.807, 2.05) is 35.2 Å². The lowest BCUT2D eigenvalue weighted by atomic mass is 10.1. The van der Waals surface area contributed by atoms with Gasteiger partial charge >= 0.3 is 0 Å². The van der Waals surface area contributed by atoms with Gasteiger partial charge in [-0.25, -0.2) is 9.97 Å². The molecule has 0 radical (unpaired) electrons.